The molecular formula is C46H54N4O6S. The Labute approximate surface area is 336 Å². The first-order valence-corrected chi connectivity index (χ1v) is 21.9. The number of nitrogens with zero attached hydrogens (tertiary/aromatic N) is 1. The second kappa shape index (κ2) is 16.5. The summed E-state index contributed by atoms with van der Waals surface area (Å²) < 4.78 is 28.4. The number of nitrogens with one attached hydrogen (secondary N) is 3. The zero-order valence-electron chi connectivity index (χ0n) is 33.1. The number of benzene rings is 4. The molecule has 8 rings (SSSR count). The first-order valence-electron chi connectivity index (χ1n) is 20.4. The molecule has 57 heavy (non-hydrogen) atoms. The van der Waals surface area contributed by atoms with E-state index in [1.54, 1.807) is 24.3 Å². The molecule has 4 atom stereocenters. The molecule has 0 heterocycles. The van der Waals surface area contributed by atoms with Gasteiger partial charge in [-0.3, -0.25) is 19.7 Å². The van der Waals surface area contributed by atoms with E-state index in [-0.39, 0.29) is 44.6 Å². The maximum absolute atomic E-state index is 13.9. The summed E-state index contributed by atoms with van der Waals surface area (Å²) in [6.07, 6.45) is 9.00. The van der Waals surface area contributed by atoms with E-state index >= 15 is 0 Å². The molecule has 0 aromatic heterocycles. The lowest BCUT2D eigenvalue weighted by Crippen LogP contribution is -2.70. The lowest BCUT2D eigenvalue weighted by atomic mass is 9.34. The van der Waals surface area contributed by atoms with E-state index < -0.39 is 20.9 Å². The molecule has 4 aliphatic carbocycles. The van der Waals surface area contributed by atoms with Gasteiger partial charge in [-0.15, -0.1) is 0 Å². The Bertz CT molecular complexity index is 2200. The van der Waals surface area contributed by atoms with Crippen molar-refractivity contribution in [3.05, 3.63) is 124 Å². The van der Waals surface area contributed by atoms with Crippen LogP contribution in [0.1, 0.15) is 93.6 Å². The summed E-state index contributed by atoms with van der Waals surface area (Å²) in [6.45, 7) is 8.12. The maximum Gasteiger partial charge on any atom is 0.293 e. The molecule has 300 valence electrons. The number of nitro benzene ring substituents is 1. The third kappa shape index (κ3) is 8.27. The van der Waals surface area contributed by atoms with Crippen LogP contribution < -0.4 is 15.4 Å². The Morgan fingerprint density at radius 1 is 0.860 bits per heavy atom. The van der Waals surface area contributed by atoms with E-state index in [1.807, 2.05) is 30.3 Å². The number of sulfonamides is 1. The van der Waals surface area contributed by atoms with Crippen LogP contribution in [0.3, 0.4) is 0 Å². The van der Waals surface area contributed by atoms with Gasteiger partial charge in [0, 0.05) is 42.6 Å². The van der Waals surface area contributed by atoms with E-state index in [2.05, 4.69) is 60.4 Å². The highest BCUT2D eigenvalue weighted by Gasteiger charge is 2.69. The van der Waals surface area contributed by atoms with Gasteiger partial charge in [-0.1, -0.05) is 107 Å². The van der Waals surface area contributed by atoms with Gasteiger partial charge in [0.2, 0.25) is 0 Å². The minimum Gasteiger partial charge on any atom is -0.379 e. The molecule has 0 unspecified atom stereocenters. The van der Waals surface area contributed by atoms with Crippen LogP contribution in [0.5, 0.6) is 0 Å². The predicted octanol–water partition coefficient (Wildman–Crippen LogP) is 9.11. The molecule has 4 fully saturated rings. The van der Waals surface area contributed by atoms with E-state index in [1.165, 1.54) is 24.1 Å². The van der Waals surface area contributed by atoms with Crippen molar-refractivity contribution in [3.8, 4) is 11.1 Å². The van der Waals surface area contributed by atoms with Gasteiger partial charge in [-0.05, 0) is 102 Å². The largest absolute Gasteiger partial charge is 0.379 e. The molecule has 3 N–H and O–H groups in total. The molecule has 11 heteroatoms. The Balaban J connectivity index is 0.938. The van der Waals surface area contributed by atoms with Crippen molar-refractivity contribution in [1.82, 2.24) is 10.0 Å². The summed E-state index contributed by atoms with van der Waals surface area (Å²) in [5.74, 6) is 0.734. The van der Waals surface area contributed by atoms with Crippen LogP contribution in [0.4, 0.5) is 11.4 Å². The summed E-state index contributed by atoms with van der Waals surface area (Å²) in [4.78, 5) is 37.9. The Morgan fingerprint density at radius 2 is 1.53 bits per heavy atom. The molecule has 4 saturated carbocycles. The van der Waals surface area contributed by atoms with Crippen LogP contribution in [0.2, 0.25) is 0 Å². The number of aryl methyl sites for hydroxylation is 1. The van der Waals surface area contributed by atoms with Crippen LogP contribution in [-0.4, -0.2) is 37.6 Å². The lowest BCUT2D eigenvalue weighted by Gasteiger charge is -2.69. The number of anilines is 1. The number of fused-ring (bicyclic) bond motifs is 2. The van der Waals surface area contributed by atoms with Gasteiger partial charge in [0.1, 0.15) is 11.5 Å². The van der Waals surface area contributed by atoms with Crippen LogP contribution in [0.25, 0.3) is 11.1 Å². The third-order valence-corrected chi connectivity index (χ3v) is 15.0. The Morgan fingerprint density at radius 3 is 2.18 bits per heavy atom. The lowest BCUT2D eigenvalue weighted by molar-refractivity contribution is -0.384. The van der Waals surface area contributed by atoms with Crippen LogP contribution in [0, 0.1) is 38.7 Å². The molecule has 10 nitrogen and oxygen atoms in total. The Hall–Kier alpha value is -4.87. The molecule has 4 aromatic rings. The summed E-state index contributed by atoms with van der Waals surface area (Å²) in [6, 6.07) is 29.0. The molecule has 2 bridgehead atoms. The second-order valence-electron chi connectivity index (χ2n) is 17.0. The number of hydrogen-bond acceptors (Lipinski definition) is 8. The molecule has 4 aliphatic rings. The summed E-state index contributed by atoms with van der Waals surface area (Å²) in [7, 11) is -4.38. The van der Waals surface area contributed by atoms with Crippen molar-refractivity contribution in [2.75, 3.05) is 11.9 Å². The summed E-state index contributed by atoms with van der Waals surface area (Å²) in [5.41, 5.74) is 3.86. The van der Waals surface area contributed by atoms with Gasteiger partial charge < -0.3 is 10.6 Å². The number of Topliss-reactive ketones (excluding diaryl/α,β-unsaturated/α-hetero) is 1. The topological polar surface area (TPSA) is 148 Å². The number of hydrogen-bond donors (Lipinski definition) is 3. The first kappa shape index (κ1) is 40.3. The average molecular weight is 791 g/mol. The van der Waals surface area contributed by atoms with Crippen molar-refractivity contribution in [2.45, 2.75) is 96.0 Å². The van der Waals surface area contributed by atoms with Gasteiger partial charge in [-0.2, -0.15) is 0 Å². The quantitative estimate of drug-likeness (QED) is 0.0798. The van der Waals surface area contributed by atoms with Crippen LogP contribution in [0.15, 0.2) is 102 Å². The normalized spacial score (nSPS) is 22.9. The van der Waals surface area contributed by atoms with Gasteiger partial charge in [0.05, 0.1) is 9.82 Å². The Kier molecular flexibility index (Phi) is 11.7. The molecule has 0 aliphatic heterocycles. The number of carbonyl (C=O) groups excluding carboxylic acids is 2. The molecule has 0 radical (unpaired) electrons. The zero-order valence-corrected chi connectivity index (χ0v) is 33.9. The van der Waals surface area contributed by atoms with E-state index in [0.717, 1.165) is 67.7 Å². The highest BCUT2D eigenvalue weighted by molar-refractivity contribution is 7.90. The smallest absolute Gasteiger partial charge is 0.293 e. The predicted molar refractivity (Wildman–Crippen MR) is 223 cm³/mol. The van der Waals surface area contributed by atoms with Crippen molar-refractivity contribution >= 4 is 33.1 Å². The van der Waals surface area contributed by atoms with Gasteiger partial charge in [0.25, 0.3) is 21.6 Å². The average Bonchev–Trinajstić information content (AvgIpc) is 3.22. The minimum atomic E-state index is -4.38. The van der Waals surface area contributed by atoms with E-state index in [0.29, 0.717) is 37.1 Å². The molecule has 0 saturated heterocycles. The molecule has 4 aromatic carbocycles. The summed E-state index contributed by atoms with van der Waals surface area (Å²) in [5, 5.41) is 18.8. The zero-order chi connectivity index (χ0) is 40.4. The van der Waals surface area contributed by atoms with Crippen molar-refractivity contribution in [1.29, 1.82) is 0 Å². The molecular weight excluding hydrogens is 737 g/mol. The fourth-order valence-electron chi connectivity index (χ4n) is 10.0. The fraction of sp³-hybridized carbons (Fsp3) is 0.435. The van der Waals surface area contributed by atoms with E-state index in [9.17, 15) is 28.1 Å². The third-order valence-electron chi connectivity index (χ3n) is 13.7. The molecule has 0 spiro atoms. The SMILES string of the molecule is C[C@@H]1[C@@H](NCc2ccc(-c3ccc(C(=O)NS(=O)(=O)c4ccc(NCC5CCCCC5)c([N+](=O)[O-])c4)cc3)cc2)C[C@H]2C[C@@]1(C(=O)CCc1ccccc1)C2(C)C. The van der Waals surface area contributed by atoms with Crippen molar-refractivity contribution in [2.24, 2.45) is 28.6 Å². The van der Waals surface area contributed by atoms with Gasteiger partial charge >= 0.3 is 0 Å². The standard InChI is InChI=1S/C46H54N4O6S/c1-31-41(26-38-28-46(31,45(38,2)3)43(51)25-16-32-10-6-4-7-11-32)48-30-34-14-17-35(18-15-34)36-19-21-37(22-20-36)44(52)49-57(55,56)39-23-24-40(42(27-39)50(53)54)47-29-33-12-8-5-9-13-33/h4,6-7,10-11,14-15,17-24,27,31,33,38,41,47-48H,5,8-9,12-13,16,25-26,28-30H2,1-3H3,(H,49,52)/t31-,38+,41+,46-/m1/s1. The monoisotopic (exact) mass is 790 g/mol. The second-order valence-corrected chi connectivity index (χ2v) is 18.7. The van der Waals surface area contributed by atoms with Crippen molar-refractivity contribution < 1.29 is 22.9 Å². The minimum absolute atomic E-state index is 0.00873. The van der Waals surface area contributed by atoms with Gasteiger partial charge in [-0.25, -0.2) is 13.1 Å². The van der Waals surface area contributed by atoms with E-state index in [4.69, 9.17) is 0 Å². The highest BCUT2D eigenvalue weighted by Crippen LogP contribution is 2.70. The van der Waals surface area contributed by atoms with Gasteiger partial charge in [0.15, 0.2) is 0 Å². The fourth-order valence-corrected chi connectivity index (χ4v) is 11.0. The highest BCUT2D eigenvalue weighted by atomic mass is 32.2. The van der Waals surface area contributed by atoms with Crippen molar-refractivity contribution in [3.63, 3.8) is 0 Å². The number of rotatable bonds is 15. The first-order chi connectivity index (χ1) is 27.3. The van der Waals surface area contributed by atoms with Crippen LogP contribution in [-0.2, 0) is 27.8 Å². The van der Waals surface area contributed by atoms with Crippen LogP contribution >= 0.6 is 0 Å². The number of ketones is 1. The summed E-state index contributed by atoms with van der Waals surface area (Å²) >= 11 is 0. The molecule has 1 amide bonds. The number of amides is 1. The maximum atomic E-state index is 13.9. The number of nitro groups is 1. The number of carbonyl (C=O) groups is 2.